The molecule has 0 bridgehead atoms. The predicted octanol–water partition coefficient (Wildman–Crippen LogP) is 5.10. The molecule has 106 valence electrons. The van der Waals surface area contributed by atoms with E-state index in [0.717, 1.165) is 10.0 Å². The molecule has 3 rings (SSSR count). The molecule has 5 heteroatoms. The maximum Gasteiger partial charge on any atom is 0.237 e. The molecule has 3 aromatic rings. The van der Waals surface area contributed by atoms with Crippen molar-refractivity contribution in [3.05, 3.63) is 64.5 Å². The van der Waals surface area contributed by atoms with E-state index in [0.29, 0.717) is 17.5 Å². The van der Waals surface area contributed by atoms with Gasteiger partial charge < -0.3 is 4.52 Å². The topological polar surface area (TPSA) is 38.9 Å². The third-order valence-corrected chi connectivity index (χ3v) is 4.42. The summed E-state index contributed by atoms with van der Waals surface area (Å²) in [5, 5.41) is 4.03. The predicted molar refractivity (Wildman–Crippen MR) is 88.2 cm³/mol. The third-order valence-electron chi connectivity index (χ3n) is 2.93. The molecule has 0 aliphatic carbocycles. The Morgan fingerprint density at radius 2 is 1.95 bits per heavy atom. The zero-order valence-corrected chi connectivity index (χ0v) is 13.8. The fourth-order valence-electron chi connectivity index (χ4n) is 1.84. The summed E-state index contributed by atoms with van der Waals surface area (Å²) < 4.78 is 6.31. The number of aryl methyl sites for hydroxylation is 1. The smallest absolute Gasteiger partial charge is 0.237 e. The Balaban J connectivity index is 1.69. The number of aromatic nitrogens is 2. The molecule has 0 amide bonds. The van der Waals surface area contributed by atoms with Gasteiger partial charge in [-0.25, -0.2) is 0 Å². The second-order valence-corrected chi connectivity index (χ2v) is 6.59. The minimum absolute atomic E-state index is 0.621. The molecule has 0 aliphatic rings. The van der Waals surface area contributed by atoms with E-state index < -0.39 is 0 Å². The molecule has 0 spiro atoms. The average molecular weight is 361 g/mol. The summed E-state index contributed by atoms with van der Waals surface area (Å²) in [4.78, 5) is 5.63. The lowest BCUT2D eigenvalue weighted by Crippen LogP contribution is -1.83. The Labute approximate surface area is 135 Å². The molecule has 0 saturated carbocycles. The lowest BCUT2D eigenvalue weighted by molar-refractivity contribution is 0.391. The van der Waals surface area contributed by atoms with Gasteiger partial charge in [0.2, 0.25) is 11.7 Å². The van der Waals surface area contributed by atoms with E-state index in [1.807, 2.05) is 24.3 Å². The van der Waals surface area contributed by atoms with Crippen molar-refractivity contribution in [1.82, 2.24) is 10.1 Å². The van der Waals surface area contributed by atoms with E-state index in [1.165, 1.54) is 10.5 Å². The van der Waals surface area contributed by atoms with Crippen LogP contribution in [0.2, 0.25) is 0 Å². The molecular formula is C16H13BrN2OS. The molecular weight excluding hydrogens is 348 g/mol. The van der Waals surface area contributed by atoms with Crippen molar-refractivity contribution in [2.24, 2.45) is 0 Å². The lowest BCUT2D eigenvalue weighted by atomic mass is 10.2. The SMILES string of the molecule is Cc1ccc(SCc2nc(-c3cccc(Br)c3)no2)cc1. The third kappa shape index (κ3) is 3.74. The van der Waals surface area contributed by atoms with Crippen molar-refractivity contribution < 1.29 is 4.52 Å². The number of halogens is 1. The van der Waals surface area contributed by atoms with Gasteiger partial charge in [-0.1, -0.05) is 50.9 Å². The van der Waals surface area contributed by atoms with Crippen molar-refractivity contribution in [3.8, 4) is 11.4 Å². The van der Waals surface area contributed by atoms with Gasteiger partial charge in [0.25, 0.3) is 0 Å². The largest absolute Gasteiger partial charge is 0.338 e. The average Bonchev–Trinajstić information content (AvgIpc) is 2.96. The highest BCUT2D eigenvalue weighted by Crippen LogP contribution is 2.24. The highest BCUT2D eigenvalue weighted by Gasteiger charge is 2.09. The first-order valence-corrected chi connectivity index (χ1v) is 8.26. The molecule has 0 radical (unpaired) electrons. The molecule has 0 fully saturated rings. The number of hydrogen-bond acceptors (Lipinski definition) is 4. The summed E-state index contributed by atoms with van der Waals surface area (Å²) in [6.07, 6.45) is 0. The first-order chi connectivity index (χ1) is 10.2. The summed E-state index contributed by atoms with van der Waals surface area (Å²) in [6.45, 7) is 2.08. The van der Waals surface area contributed by atoms with Gasteiger partial charge in [-0.05, 0) is 31.2 Å². The van der Waals surface area contributed by atoms with E-state index in [-0.39, 0.29) is 0 Å². The molecule has 21 heavy (non-hydrogen) atoms. The van der Waals surface area contributed by atoms with Crippen LogP contribution in [-0.4, -0.2) is 10.1 Å². The zero-order chi connectivity index (χ0) is 14.7. The molecule has 0 unspecified atom stereocenters. The Bertz CT molecular complexity index is 740. The van der Waals surface area contributed by atoms with Crippen LogP contribution in [0.25, 0.3) is 11.4 Å². The highest BCUT2D eigenvalue weighted by molar-refractivity contribution is 9.10. The normalized spacial score (nSPS) is 10.8. The van der Waals surface area contributed by atoms with E-state index in [4.69, 9.17) is 4.52 Å². The van der Waals surface area contributed by atoms with Gasteiger partial charge in [-0.3, -0.25) is 0 Å². The van der Waals surface area contributed by atoms with Crippen LogP contribution in [0.3, 0.4) is 0 Å². The van der Waals surface area contributed by atoms with Gasteiger partial charge in [0.05, 0.1) is 5.75 Å². The number of rotatable bonds is 4. The maximum atomic E-state index is 5.31. The standard InChI is InChI=1S/C16H13BrN2OS/c1-11-5-7-14(8-6-11)21-10-15-18-16(19-20-15)12-3-2-4-13(17)9-12/h2-9H,10H2,1H3. The second kappa shape index (κ2) is 6.45. The first-order valence-electron chi connectivity index (χ1n) is 6.49. The summed E-state index contributed by atoms with van der Waals surface area (Å²) >= 11 is 5.13. The number of benzene rings is 2. The Hall–Kier alpha value is -1.59. The fourth-order valence-corrected chi connectivity index (χ4v) is 2.97. The second-order valence-electron chi connectivity index (χ2n) is 4.62. The Morgan fingerprint density at radius 1 is 1.14 bits per heavy atom. The monoisotopic (exact) mass is 360 g/mol. The van der Waals surface area contributed by atoms with Crippen LogP contribution >= 0.6 is 27.7 Å². The van der Waals surface area contributed by atoms with Gasteiger partial charge in [-0.2, -0.15) is 4.98 Å². The Kier molecular flexibility index (Phi) is 4.41. The molecule has 0 saturated heterocycles. The molecule has 0 N–H and O–H groups in total. The molecule has 3 nitrogen and oxygen atoms in total. The van der Waals surface area contributed by atoms with E-state index >= 15 is 0 Å². The van der Waals surface area contributed by atoms with Crippen molar-refractivity contribution in [1.29, 1.82) is 0 Å². The minimum Gasteiger partial charge on any atom is -0.338 e. The van der Waals surface area contributed by atoms with Crippen LogP contribution < -0.4 is 0 Å². The molecule has 2 aromatic carbocycles. The van der Waals surface area contributed by atoms with Gasteiger partial charge in [0, 0.05) is 14.9 Å². The summed E-state index contributed by atoms with van der Waals surface area (Å²) in [5.41, 5.74) is 2.20. The van der Waals surface area contributed by atoms with Crippen LogP contribution in [0.5, 0.6) is 0 Å². The Morgan fingerprint density at radius 3 is 2.71 bits per heavy atom. The van der Waals surface area contributed by atoms with Crippen molar-refractivity contribution in [2.75, 3.05) is 0 Å². The number of thioether (sulfide) groups is 1. The van der Waals surface area contributed by atoms with Gasteiger partial charge in [0.1, 0.15) is 0 Å². The molecule has 0 aliphatic heterocycles. The highest BCUT2D eigenvalue weighted by atomic mass is 79.9. The van der Waals surface area contributed by atoms with Crippen LogP contribution in [-0.2, 0) is 5.75 Å². The van der Waals surface area contributed by atoms with Crippen molar-refractivity contribution in [3.63, 3.8) is 0 Å². The van der Waals surface area contributed by atoms with Crippen LogP contribution in [0.1, 0.15) is 11.5 Å². The lowest BCUT2D eigenvalue weighted by Gasteiger charge is -1.98. The quantitative estimate of drug-likeness (QED) is 0.606. The van der Waals surface area contributed by atoms with Gasteiger partial charge in [0.15, 0.2) is 0 Å². The van der Waals surface area contributed by atoms with Crippen LogP contribution in [0.4, 0.5) is 0 Å². The number of hydrogen-bond donors (Lipinski definition) is 0. The van der Waals surface area contributed by atoms with E-state index in [9.17, 15) is 0 Å². The molecule has 0 atom stereocenters. The van der Waals surface area contributed by atoms with Gasteiger partial charge >= 0.3 is 0 Å². The number of nitrogens with zero attached hydrogens (tertiary/aromatic N) is 2. The molecule has 1 heterocycles. The van der Waals surface area contributed by atoms with Crippen LogP contribution in [0, 0.1) is 6.92 Å². The molecule has 1 aromatic heterocycles. The fraction of sp³-hybridized carbons (Fsp3) is 0.125. The van der Waals surface area contributed by atoms with Crippen molar-refractivity contribution in [2.45, 2.75) is 17.6 Å². The van der Waals surface area contributed by atoms with Gasteiger partial charge in [-0.15, -0.1) is 11.8 Å². The maximum absolute atomic E-state index is 5.31. The first kappa shape index (κ1) is 14.4. The van der Waals surface area contributed by atoms with Crippen LogP contribution in [0.15, 0.2) is 62.4 Å². The summed E-state index contributed by atoms with van der Waals surface area (Å²) in [6, 6.07) is 16.3. The zero-order valence-electron chi connectivity index (χ0n) is 11.4. The minimum atomic E-state index is 0.621. The van der Waals surface area contributed by atoms with E-state index in [2.05, 4.69) is 57.3 Å². The summed E-state index contributed by atoms with van der Waals surface area (Å²) in [7, 11) is 0. The van der Waals surface area contributed by atoms with E-state index in [1.54, 1.807) is 11.8 Å². The van der Waals surface area contributed by atoms with Crippen molar-refractivity contribution >= 4 is 27.7 Å². The summed E-state index contributed by atoms with van der Waals surface area (Å²) in [5.74, 6) is 1.93.